The Kier molecular flexibility index (Phi) is 6.40. The van der Waals surface area contributed by atoms with Crippen LogP contribution in [0.15, 0.2) is 191 Å². The summed E-state index contributed by atoms with van der Waals surface area (Å²) in [6.07, 6.45) is 0. The topological polar surface area (TPSA) is 43.5 Å². The van der Waals surface area contributed by atoms with E-state index in [0.717, 1.165) is 61.2 Å². The summed E-state index contributed by atoms with van der Waals surface area (Å²) in [5, 5.41) is 9.70. The largest absolute Gasteiger partial charge is 0.309 e. The van der Waals surface area contributed by atoms with Crippen LogP contribution in [0.2, 0.25) is 0 Å². The van der Waals surface area contributed by atoms with Gasteiger partial charge in [-0.05, 0) is 118 Å². The number of hydrogen-bond acceptors (Lipinski definition) is 3. The lowest BCUT2D eigenvalue weighted by atomic mass is 9.94. The molecule has 6 heteroatoms. The third kappa shape index (κ3) is 4.30. The van der Waals surface area contributed by atoms with Crippen LogP contribution < -0.4 is 0 Å². The van der Waals surface area contributed by atoms with Crippen LogP contribution >= 0.6 is 11.3 Å². The molecule has 0 aliphatic carbocycles. The lowest BCUT2D eigenvalue weighted by Crippen LogP contribution is -1.96. The second-order valence-electron chi connectivity index (χ2n) is 15.3. The van der Waals surface area contributed by atoms with Gasteiger partial charge >= 0.3 is 0 Å². The van der Waals surface area contributed by atoms with Gasteiger partial charge in [0.25, 0.3) is 0 Å². The van der Waals surface area contributed by atoms with E-state index in [4.69, 9.17) is 0 Å². The molecule has 58 heavy (non-hydrogen) atoms. The van der Waals surface area contributed by atoms with Crippen LogP contribution in [0, 0.1) is 0 Å². The Morgan fingerprint density at radius 1 is 0.397 bits per heavy atom. The van der Waals surface area contributed by atoms with Gasteiger partial charge in [-0.1, -0.05) is 97.1 Å². The van der Waals surface area contributed by atoms with Crippen molar-refractivity contribution >= 4 is 80.4 Å². The van der Waals surface area contributed by atoms with Crippen LogP contribution in [0.25, 0.3) is 109 Å². The van der Waals surface area contributed by atoms with Gasteiger partial charge < -0.3 is 4.57 Å². The van der Waals surface area contributed by atoms with Gasteiger partial charge in [-0.2, -0.15) is 0 Å². The highest BCUT2D eigenvalue weighted by molar-refractivity contribution is 7.92. The Morgan fingerprint density at radius 2 is 0.914 bits per heavy atom. The molecular weight excluding hydrogens is 749 g/mol. The molecular formula is C52H30N2O2S2. The van der Waals surface area contributed by atoms with E-state index in [9.17, 15) is 8.42 Å². The van der Waals surface area contributed by atoms with Crippen molar-refractivity contribution in [1.82, 2.24) is 8.97 Å². The predicted molar refractivity (Wildman–Crippen MR) is 241 cm³/mol. The summed E-state index contributed by atoms with van der Waals surface area (Å²) in [6, 6.07) is 61.3. The Bertz CT molecular complexity index is 3760. The molecule has 4 aromatic heterocycles. The number of sulfone groups is 1. The van der Waals surface area contributed by atoms with Crippen LogP contribution in [0.3, 0.4) is 0 Å². The maximum Gasteiger partial charge on any atom is 0.207 e. The summed E-state index contributed by atoms with van der Waals surface area (Å²) < 4.78 is 32.5. The van der Waals surface area contributed by atoms with E-state index < -0.39 is 9.84 Å². The normalized spacial score (nSPS) is 13.4. The van der Waals surface area contributed by atoms with Crippen LogP contribution in [0.5, 0.6) is 0 Å². The molecule has 0 saturated carbocycles. The summed E-state index contributed by atoms with van der Waals surface area (Å²) in [5.74, 6) is 0. The highest BCUT2D eigenvalue weighted by atomic mass is 32.2. The molecule has 4 nitrogen and oxygen atoms in total. The second kappa shape index (κ2) is 11.5. The first-order valence-corrected chi connectivity index (χ1v) is 21.8. The van der Waals surface area contributed by atoms with Gasteiger partial charge in [0.1, 0.15) is 4.83 Å². The van der Waals surface area contributed by atoms with Crippen LogP contribution in [0.4, 0.5) is 0 Å². The van der Waals surface area contributed by atoms with Crippen molar-refractivity contribution in [1.29, 1.82) is 0 Å². The van der Waals surface area contributed by atoms with Gasteiger partial charge in [-0.3, -0.25) is 4.40 Å². The lowest BCUT2D eigenvalue weighted by Gasteiger charge is -2.11. The van der Waals surface area contributed by atoms with Crippen molar-refractivity contribution in [2.75, 3.05) is 0 Å². The van der Waals surface area contributed by atoms with Gasteiger partial charge in [0.05, 0.1) is 31.9 Å². The smallest absolute Gasteiger partial charge is 0.207 e. The molecule has 0 bridgehead atoms. The van der Waals surface area contributed by atoms with Crippen molar-refractivity contribution in [3.8, 4) is 50.2 Å². The van der Waals surface area contributed by atoms with E-state index >= 15 is 0 Å². The van der Waals surface area contributed by atoms with E-state index in [2.05, 4.69) is 160 Å². The fourth-order valence-electron chi connectivity index (χ4n) is 9.67. The minimum Gasteiger partial charge on any atom is -0.309 e. The molecule has 0 N–H and O–H groups in total. The summed E-state index contributed by atoms with van der Waals surface area (Å²) in [4.78, 5) is 2.00. The van der Waals surface area contributed by atoms with E-state index in [1.54, 1.807) is 23.5 Å². The van der Waals surface area contributed by atoms with E-state index in [0.29, 0.717) is 9.79 Å². The number of aromatic nitrogens is 2. The van der Waals surface area contributed by atoms with Gasteiger partial charge in [0.2, 0.25) is 9.84 Å². The van der Waals surface area contributed by atoms with Gasteiger partial charge in [0, 0.05) is 49.1 Å². The average Bonchev–Trinajstić information content (AvgIpc) is 4.07. The van der Waals surface area contributed by atoms with Crippen molar-refractivity contribution in [2.45, 2.75) is 9.79 Å². The highest BCUT2D eigenvalue weighted by Gasteiger charge is 2.33. The summed E-state index contributed by atoms with van der Waals surface area (Å²) >= 11 is 1.79. The third-order valence-electron chi connectivity index (χ3n) is 12.3. The Labute approximate surface area is 337 Å². The number of thiophene rings is 1. The van der Waals surface area contributed by atoms with E-state index in [1.165, 1.54) is 48.2 Å². The first-order valence-electron chi connectivity index (χ1n) is 19.4. The fourth-order valence-corrected chi connectivity index (χ4v) is 12.3. The van der Waals surface area contributed by atoms with Crippen molar-refractivity contribution in [2.24, 2.45) is 0 Å². The SMILES string of the molecule is O=S1(=O)c2ccc(-c3ccc(-n4c5ccccc5c5ccccc54)cc3)cc2-c2cc(-c3cccc(-c4cc5c6ccccc6n6c7sccc7c(c4)c56)c3)ccc21. The second-order valence-corrected chi connectivity index (χ2v) is 18.1. The number of para-hydroxylation sites is 3. The molecule has 0 amide bonds. The number of nitrogens with zero attached hydrogens (tertiary/aromatic N) is 2. The number of rotatable bonds is 4. The summed E-state index contributed by atoms with van der Waals surface area (Å²) in [6.45, 7) is 0. The summed E-state index contributed by atoms with van der Waals surface area (Å²) in [7, 11) is -3.65. The zero-order valence-corrected chi connectivity index (χ0v) is 32.5. The maximum absolute atomic E-state index is 13.9. The van der Waals surface area contributed by atoms with Gasteiger partial charge in [-0.25, -0.2) is 8.42 Å². The van der Waals surface area contributed by atoms with Gasteiger partial charge in [-0.15, -0.1) is 11.3 Å². The van der Waals surface area contributed by atoms with Gasteiger partial charge in [0.15, 0.2) is 0 Å². The van der Waals surface area contributed by atoms with E-state index in [-0.39, 0.29) is 0 Å². The minimum absolute atomic E-state index is 0.359. The van der Waals surface area contributed by atoms with Crippen molar-refractivity contribution < 1.29 is 8.42 Å². The molecule has 8 aromatic carbocycles. The monoisotopic (exact) mass is 778 g/mol. The lowest BCUT2D eigenvalue weighted by molar-refractivity contribution is 0.598. The van der Waals surface area contributed by atoms with Crippen LogP contribution in [-0.4, -0.2) is 17.4 Å². The van der Waals surface area contributed by atoms with Crippen LogP contribution in [0.1, 0.15) is 0 Å². The quantitative estimate of drug-likeness (QED) is 0.179. The molecule has 5 heterocycles. The predicted octanol–water partition coefficient (Wildman–Crippen LogP) is 13.8. The molecule has 1 aliphatic rings. The molecule has 0 spiro atoms. The average molecular weight is 779 g/mol. The molecule has 0 atom stereocenters. The zero-order valence-electron chi connectivity index (χ0n) is 30.8. The third-order valence-corrected chi connectivity index (χ3v) is 15.1. The van der Waals surface area contributed by atoms with E-state index in [1.807, 2.05) is 18.2 Å². The standard InChI is InChI=1S/C52H30N2O2S2/c55-58(56)49-22-18-34(31-16-20-37(21-17-31)53-46-13-4-1-10-38(46)39-11-2-5-14-47(39)53)27-42(49)43-28-35(19-23-50(43)58)32-8-7-9-33(26-32)36-29-44-40-12-3-6-15-48(40)54-51(44)45(30-36)41-24-25-57-52(41)54/h1-30H. The fraction of sp³-hybridized carbons (Fsp3) is 0. The molecule has 0 saturated heterocycles. The minimum atomic E-state index is -3.65. The molecule has 13 rings (SSSR count). The highest BCUT2D eigenvalue weighted by Crippen LogP contribution is 2.47. The molecule has 12 aromatic rings. The zero-order chi connectivity index (χ0) is 38.3. The van der Waals surface area contributed by atoms with Crippen LogP contribution in [-0.2, 0) is 9.84 Å². The summed E-state index contributed by atoms with van der Waals surface area (Å²) in [5.41, 5.74) is 13.7. The molecule has 272 valence electrons. The Hall–Kier alpha value is -6.99. The molecule has 0 radical (unpaired) electrons. The Morgan fingerprint density at radius 3 is 1.57 bits per heavy atom. The molecule has 1 aliphatic heterocycles. The first kappa shape index (κ1) is 32.1. The molecule has 0 fully saturated rings. The van der Waals surface area contributed by atoms with Crippen molar-refractivity contribution in [3.63, 3.8) is 0 Å². The number of fused-ring (bicyclic) bond motifs is 12. The van der Waals surface area contributed by atoms with Crippen molar-refractivity contribution in [3.05, 3.63) is 181 Å². The molecule has 0 unspecified atom stereocenters. The number of benzene rings is 8. The first-order chi connectivity index (χ1) is 28.5. The Balaban J connectivity index is 0.895. The maximum atomic E-state index is 13.9. The number of hydrogen-bond donors (Lipinski definition) is 0.